The summed E-state index contributed by atoms with van der Waals surface area (Å²) in [4.78, 5) is 6.58. The Morgan fingerprint density at radius 2 is 2.32 bits per heavy atom. The summed E-state index contributed by atoms with van der Waals surface area (Å²) in [5.74, 6) is 0.945. The third-order valence-electron chi connectivity index (χ3n) is 3.99. The molecule has 0 aromatic carbocycles. The fourth-order valence-corrected chi connectivity index (χ4v) is 2.95. The number of aromatic nitrogens is 1. The summed E-state index contributed by atoms with van der Waals surface area (Å²) in [5, 5.41) is 0. The third kappa shape index (κ3) is 2.87. The number of likely N-dealkylation sites (tertiary alicyclic amines) is 1. The van der Waals surface area contributed by atoms with E-state index < -0.39 is 6.17 Å². The summed E-state index contributed by atoms with van der Waals surface area (Å²) in [5.41, 5.74) is 8.00. The fourth-order valence-electron chi connectivity index (χ4n) is 2.95. The molecule has 2 aliphatic rings. The van der Waals surface area contributed by atoms with Gasteiger partial charge in [0.05, 0.1) is 12.3 Å². The first-order valence-corrected chi connectivity index (χ1v) is 6.92. The van der Waals surface area contributed by atoms with Crippen molar-refractivity contribution in [1.29, 1.82) is 0 Å². The van der Waals surface area contributed by atoms with Crippen molar-refractivity contribution in [3.63, 3.8) is 0 Å². The van der Waals surface area contributed by atoms with Gasteiger partial charge in [0.25, 0.3) is 0 Å². The molecule has 0 radical (unpaired) electrons. The van der Waals surface area contributed by atoms with E-state index in [2.05, 4.69) is 16.0 Å². The van der Waals surface area contributed by atoms with E-state index in [4.69, 9.17) is 10.5 Å². The van der Waals surface area contributed by atoms with Crippen LogP contribution in [0, 0.1) is 0 Å². The zero-order chi connectivity index (χ0) is 13.2. The van der Waals surface area contributed by atoms with Gasteiger partial charge in [-0.05, 0) is 24.5 Å². The molecule has 0 bridgehead atoms. The molecule has 2 saturated heterocycles. The van der Waals surface area contributed by atoms with Crippen LogP contribution in [0.1, 0.15) is 30.0 Å². The predicted molar refractivity (Wildman–Crippen MR) is 71.6 cm³/mol. The molecule has 1 aromatic rings. The first-order valence-electron chi connectivity index (χ1n) is 6.92. The monoisotopic (exact) mass is 265 g/mol. The maximum absolute atomic E-state index is 13.3. The molecule has 19 heavy (non-hydrogen) atoms. The lowest BCUT2D eigenvalue weighted by atomic mass is 9.96. The van der Waals surface area contributed by atoms with E-state index in [1.807, 2.05) is 6.07 Å². The Morgan fingerprint density at radius 1 is 1.42 bits per heavy atom. The largest absolute Gasteiger partial charge is 0.384 e. The minimum Gasteiger partial charge on any atom is -0.384 e. The van der Waals surface area contributed by atoms with Crippen LogP contribution in [0.5, 0.6) is 0 Å². The highest BCUT2D eigenvalue weighted by atomic mass is 19.1. The molecule has 4 nitrogen and oxygen atoms in total. The molecular weight excluding hydrogens is 245 g/mol. The van der Waals surface area contributed by atoms with Gasteiger partial charge in [-0.25, -0.2) is 9.37 Å². The number of hydrogen-bond acceptors (Lipinski definition) is 4. The highest BCUT2D eigenvalue weighted by molar-refractivity contribution is 5.36. The highest BCUT2D eigenvalue weighted by Crippen LogP contribution is 2.29. The van der Waals surface area contributed by atoms with Crippen molar-refractivity contribution in [3.8, 4) is 0 Å². The SMILES string of the molecule is Nc1ccc(C2CCOC2)c(CN2CC[C@H](F)C2)n1. The van der Waals surface area contributed by atoms with Crippen LogP contribution < -0.4 is 5.73 Å². The van der Waals surface area contributed by atoms with Crippen LogP contribution in [0.25, 0.3) is 0 Å². The summed E-state index contributed by atoms with van der Waals surface area (Å²) in [6, 6.07) is 3.90. The van der Waals surface area contributed by atoms with E-state index in [1.165, 1.54) is 5.56 Å². The lowest BCUT2D eigenvalue weighted by molar-refractivity contribution is 0.193. The molecule has 0 saturated carbocycles. The van der Waals surface area contributed by atoms with Crippen LogP contribution in [-0.2, 0) is 11.3 Å². The number of hydrogen-bond donors (Lipinski definition) is 1. The maximum atomic E-state index is 13.3. The van der Waals surface area contributed by atoms with Gasteiger partial charge in [-0.3, -0.25) is 4.90 Å². The number of ether oxygens (including phenoxy) is 1. The number of nitrogens with zero attached hydrogens (tertiary/aromatic N) is 2. The minimum atomic E-state index is -0.695. The highest BCUT2D eigenvalue weighted by Gasteiger charge is 2.26. The number of halogens is 1. The van der Waals surface area contributed by atoms with Crippen molar-refractivity contribution in [2.45, 2.75) is 31.5 Å². The van der Waals surface area contributed by atoms with Crippen molar-refractivity contribution in [3.05, 3.63) is 23.4 Å². The van der Waals surface area contributed by atoms with E-state index in [0.717, 1.165) is 31.9 Å². The second kappa shape index (κ2) is 5.43. The smallest absolute Gasteiger partial charge is 0.123 e. The lowest BCUT2D eigenvalue weighted by Gasteiger charge is -2.19. The number of pyridine rings is 1. The summed E-state index contributed by atoms with van der Waals surface area (Å²) in [6.45, 7) is 3.57. The quantitative estimate of drug-likeness (QED) is 0.904. The average Bonchev–Trinajstić information content (AvgIpc) is 3.01. The topological polar surface area (TPSA) is 51.4 Å². The van der Waals surface area contributed by atoms with E-state index in [0.29, 0.717) is 31.2 Å². The Balaban J connectivity index is 1.79. The van der Waals surface area contributed by atoms with Gasteiger partial charge in [-0.2, -0.15) is 0 Å². The fraction of sp³-hybridized carbons (Fsp3) is 0.643. The van der Waals surface area contributed by atoms with Crippen molar-refractivity contribution in [1.82, 2.24) is 9.88 Å². The third-order valence-corrected chi connectivity index (χ3v) is 3.99. The average molecular weight is 265 g/mol. The molecule has 5 heteroatoms. The van der Waals surface area contributed by atoms with Crippen molar-refractivity contribution < 1.29 is 9.13 Å². The normalized spacial score (nSPS) is 28.1. The summed E-state index contributed by atoms with van der Waals surface area (Å²) >= 11 is 0. The summed E-state index contributed by atoms with van der Waals surface area (Å²) in [7, 11) is 0. The van der Waals surface area contributed by atoms with Gasteiger partial charge in [0.15, 0.2) is 0 Å². The van der Waals surface area contributed by atoms with E-state index in [-0.39, 0.29) is 0 Å². The minimum absolute atomic E-state index is 0.409. The molecule has 104 valence electrons. The molecule has 0 aliphatic carbocycles. The van der Waals surface area contributed by atoms with Gasteiger partial charge in [0, 0.05) is 32.2 Å². The Morgan fingerprint density at radius 3 is 3.00 bits per heavy atom. The predicted octanol–water partition coefficient (Wildman–Crippen LogP) is 1.71. The van der Waals surface area contributed by atoms with Gasteiger partial charge < -0.3 is 10.5 Å². The van der Waals surface area contributed by atoms with Gasteiger partial charge in [-0.15, -0.1) is 0 Å². The van der Waals surface area contributed by atoms with Crippen LogP contribution >= 0.6 is 0 Å². The van der Waals surface area contributed by atoms with Crippen molar-refractivity contribution in [2.75, 3.05) is 32.0 Å². The van der Waals surface area contributed by atoms with Gasteiger partial charge >= 0.3 is 0 Å². The zero-order valence-corrected chi connectivity index (χ0v) is 11.0. The van der Waals surface area contributed by atoms with Crippen LogP contribution in [0.3, 0.4) is 0 Å². The van der Waals surface area contributed by atoms with Crippen molar-refractivity contribution in [2.24, 2.45) is 0 Å². The number of rotatable bonds is 3. The van der Waals surface area contributed by atoms with Crippen LogP contribution in [-0.4, -0.2) is 42.4 Å². The molecular formula is C14H20FN3O. The molecule has 0 spiro atoms. The number of nitrogens with two attached hydrogens (primary N) is 1. The number of nitrogen functional groups attached to an aromatic ring is 1. The lowest BCUT2D eigenvalue weighted by Crippen LogP contribution is -2.23. The Labute approximate surface area is 112 Å². The molecule has 3 rings (SSSR count). The molecule has 1 aromatic heterocycles. The summed E-state index contributed by atoms with van der Waals surface area (Å²) in [6.07, 6.45) is 0.966. The van der Waals surface area contributed by atoms with E-state index in [1.54, 1.807) is 0 Å². The zero-order valence-electron chi connectivity index (χ0n) is 11.0. The molecule has 2 atom stereocenters. The summed E-state index contributed by atoms with van der Waals surface area (Å²) < 4.78 is 18.7. The van der Waals surface area contributed by atoms with Crippen LogP contribution in [0.15, 0.2) is 12.1 Å². The molecule has 1 unspecified atom stereocenters. The Hall–Kier alpha value is -1.20. The maximum Gasteiger partial charge on any atom is 0.123 e. The second-order valence-electron chi connectivity index (χ2n) is 5.45. The van der Waals surface area contributed by atoms with E-state index >= 15 is 0 Å². The first-order chi connectivity index (χ1) is 9.22. The molecule has 2 fully saturated rings. The van der Waals surface area contributed by atoms with Crippen molar-refractivity contribution >= 4 is 5.82 Å². The van der Waals surface area contributed by atoms with Crippen LogP contribution in [0.2, 0.25) is 0 Å². The van der Waals surface area contributed by atoms with Gasteiger partial charge in [0.2, 0.25) is 0 Å². The van der Waals surface area contributed by atoms with E-state index in [9.17, 15) is 4.39 Å². The van der Waals surface area contributed by atoms with Gasteiger partial charge in [-0.1, -0.05) is 6.07 Å². The number of anilines is 1. The Kier molecular flexibility index (Phi) is 3.66. The standard InChI is InChI=1S/C14H20FN3O/c15-11-3-5-18(7-11)8-13-12(1-2-14(16)17-13)10-4-6-19-9-10/h1-2,10-11H,3-9H2,(H2,16,17)/t10?,11-/m0/s1. The second-order valence-corrected chi connectivity index (χ2v) is 5.45. The van der Waals surface area contributed by atoms with Crippen LogP contribution in [0.4, 0.5) is 10.2 Å². The van der Waals surface area contributed by atoms with Gasteiger partial charge in [0.1, 0.15) is 12.0 Å². The number of alkyl halides is 1. The molecule has 0 amide bonds. The molecule has 3 heterocycles. The first kappa shape index (κ1) is 12.8. The molecule has 2 aliphatic heterocycles. The molecule has 2 N–H and O–H groups in total. The Bertz CT molecular complexity index is 448.